The second-order valence-corrected chi connectivity index (χ2v) is 13.3. The first-order chi connectivity index (χ1) is 22.6. The molecule has 0 saturated carbocycles. The second-order valence-electron chi connectivity index (χ2n) is 11.0. The van der Waals surface area contributed by atoms with Crippen LogP contribution in [-0.2, 0) is 32.6 Å². The summed E-state index contributed by atoms with van der Waals surface area (Å²) < 4.78 is 40.3. The lowest BCUT2D eigenvalue weighted by Crippen LogP contribution is -2.53. The van der Waals surface area contributed by atoms with Crippen molar-refractivity contribution in [2.45, 2.75) is 44.2 Å². The number of aryl methyl sites for hydroxylation is 1. The third kappa shape index (κ3) is 9.05. The first-order valence-corrected chi connectivity index (χ1v) is 17.1. The van der Waals surface area contributed by atoms with E-state index < -0.39 is 28.5 Å². The van der Waals surface area contributed by atoms with Gasteiger partial charge in [-0.15, -0.1) is 0 Å². The zero-order valence-corrected chi connectivity index (χ0v) is 28.6. The average Bonchev–Trinajstić information content (AvgIpc) is 3.08. The zero-order chi connectivity index (χ0) is 34.0. The second kappa shape index (κ2) is 16.3. The Morgan fingerprint density at radius 1 is 0.851 bits per heavy atom. The highest BCUT2D eigenvalue weighted by Gasteiger charge is 2.35. The predicted octanol–water partition coefficient (Wildman–Crippen LogP) is 6.03. The summed E-state index contributed by atoms with van der Waals surface area (Å²) in [7, 11) is -1.48. The summed E-state index contributed by atoms with van der Waals surface area (Å²) in [4.78, 5) is 29.7. The van der Waals surface area contributed by atoms with Crippen molar-refractivity contribution in [3.8, 4) is 11.5 Å². The monoisotopic (exact) mass is 677 g/mol. The number of nitrogens with one attached hydrogen (secondary N) is 1. The summed E-state index contributed by atoms with van der Waals surface area (Å²) in [5.41, 5.74) is 2.93. The van der Waals surface area contributed by atoms with E-state index in [-0.39, 0.29) is 35.2 Å². The van der Waals surface area contributed by atoms with Gasteiger partial charge in [0, 0.05) is 30.6 Å². The number of rotatable bonds is 15. The molecule has 0 heterocycles. The number of benzene rings is 4. The van der Waals surface area contributed by atoms with Gasteiger partial charge in [-0.2, -0.15) is 0 Å². The smallest absolute Gasteiger partial charge is 0.264 e. The van der Waals surface area contributed by atoms with E-state index in [0.717, 1.165) is 21.0 Å². The number of hydrogen-bond acceptors (Lipinski definition) is 6. The molecular formula is C36H40ClN3O6S. The van der Waals surface area contributed by atoms with Crippen molar-refractivity contribution in [3.63, 3.8) is 0 Å². The third-order valence-corrected chi connectivity index (χ3v) is 9.65. The lowest BCUT2D eigenvalue weighted by Gasteiger charge is -2.34. The maximum absolute atomic E-state index is 14.5. The number of anilines is 1. The molecule has 1 atom stereocenters. The van der Waals surface area contributed by atoms with Crippen LogP contribution in [0.25, 0.3) is 0 Å². The van der Waals surface area contributed by atoms with Gasteiger partial charge in [-0.3, -0.25) is 13.9 Å². The lowest BCUT2D eigenvalue weighted by molar-refractivity contribution is -0.140. The summed E-state index contributed by atoms with van der Waals surface area (Å²) >= 11 is 6.16. The van der Waals surface area contributed by atoms with Crippen LogP contribution in [0.2, 0.25) is 5.02 Å². The Morgan fingerprint density at radius 3 is 2.13 bits per heavy atom. The third-order valence-electron chi connectivity index (χ3n) is 7.63. The number of nitrogens with zero attached hydrogens (tertiary/aromatic N) is 2. The molecular weight excluding hydrogens is 638 g/mol. The number of amides is 2. The first-order valence-electron chi connectivity index (χ1n) is 15.2. The van der Waals surface area contributed by atoms with Gasteiger partial charge in [-0.25, -0.2) is 8.42 Å². The highest BCUT2D eigenvalue weighted by atomic mass is 35.5. The molecule has 0 fully saturated rings. The van der Waals surface area contributed by atoms with E-state index in [0.29, 0.717) is 23.7 Å². The average molecular weight is 678 g/mol. The fraction of sp³-hybridized carbons (Fsp3) is 0.278. The maximum atomic E-state index is 14.5. The van der Waals surface area contributed by atoms with E-state index in [1.807, 2.05) is 68.4 Å². The summed E-state index contributed by atoms with van der Waals surface area (Å²) in [5, 5.41) is 3.35. The van der Waals surface area contributed by atoms with Crippen molar-refractivity contribution in [2.75, 3.05) is 31.6 Å². The summed E-state index contributed by atoms with van der Waals surface area (Å²) in [6.45, 7) is 3.84. The van der Waals surface area contributed by atoms with Crippen LogP contribution < -0.4 is 19.1 Å². The lowest BCUT2D eigenvalue weighted by atomic mass is 10.0. The highest BCUT2D eigenvalue weighted by Crippen LogP contribution is 2.33. The minimum absolute atomic E-state index is 0.0843. The number of hydrogen-bond donors (Lipinski definition) is 1. The molecule has 0 unspecified atom stereocenters. The van der Waals surface area contributed by atoms with Crippen LogP contribution in [0.1, 0.15) is 30.0 Å². The summed E-state index contributed by atoms with van der Waals surface area (Å²) in [5.74, 6) is -0.312. The van der Waals surface area contributed by atoms with Gasteiger partial charge in [0.15, 0.2) is 11.5 Å². The van der Waals surface area contributed by atoms with Gasteiger partial charge < -0.3 is 19.7 Å². The Labute approximate surface area is 282 Å². The molecule has 248 valence electrons. The zero-order valence-electron chi connectivity index (χ0n) is 27.0. The van der Waals surface area contributed by atoms with Crippen LogP contribution in [0, 0.1) is 6.92 Å². The molecule has 1 N–H and O–H groups in total. The van der Waals surface area contributed by atoms with Crippen molar-refractivity contribution in [1.82, 2.24) is 10.2 Å². The Kier molecular flexibility index (Phi) is 12.3. The fourth-order valence-electron chi connectivity index (χ4n) is 5.05. The Hall–Kier alpha value is -4.54. The van der Waals surface area contributed by atoms with Crippen molar-refractivity contribution < 1.29 is 27.5 Å². The molecule has 0 aliphatic heterocycles. The molecule has 2 amide bonds. The fourth-order valence-corrected chi connectivity index (χ4v) is 6.61. The minimum atomic E-state index is -4.34. The van der Waals surface area contributed by atoms with E-state index in [4.69, 9.17) is 21.1 Å². The Balaban J connectivity index is 1.81. The Morgan fingerprint density at radius 2 is 1.51 bits per heavy atom. The maximum Gasteiger partial charge on any atom is 0.264 e. The standard InChI is InChI=1S/C36H40ClN3O6S/c1-5-21-38-36(42)32(22-27-9-7-6-8-10-27)39(24-28-13-11-26(2)12-14-28)35(41)25-40(30-17-15-29(37)16-18-30)47(43,44)31-19-20-33(45-3)34(23-31)46-4/h6-20,23,32H,5,21-22,24-25H2,1-4H3,(H,38,42)/t32-/m1/s1. The topological polar surface area (TPSA) is 105 Å². The molecule has 0 spiro atoms. The highest BCUT2D eigenvalue weighted by molar-refractivity contribution is 7.92. The number of carbonyl (C=O) groups is 2. The van der Waals surface area contributed by atoms with Gasteiger partial charge in [-0.05, 0) is 60.9 Å². The molecule has 9 nitrogen and oxygen atoms in total. The van der Waals surface area contributed by atoms with Gasteiger partial charge >= 0.3 is 0 Å². The van der Waals surface area contributed by atoms with Gasteiger partial charge in [0.05, 0.1) is 24.8 Å². The summed E-state index contributed by atoms with van der Waals surface area (Å²) in [6, 6.07) is 26.6. The van der Waals surface area contributed by atoms with Crippen LogP contribution in [0.3, 0.4) is 0 Å². The molecule has 0 aromatic heterocycles. The van der Waals surface area contributed by atoms with Gasteiger partial charge in [0.25, 0.3) is 10.0 Å². The number of carbonyl (C=O) groups excluding carboxylic acids is 2. The van der Waals surface area contributed by atoms with E-state index in [1.54, 1.807) is 12.1 Å². The predicted molar refractivity (Wildman–Crippen MR) is 184 cm³/mol. The molecule has 4 aromatic rings. The molecule has 4 rings (SSSR count). The normalized spacial score (nSPS) is 11.8. The van der Waals surface area contributed by atoms with E-state index >= 15 is 0 Å². The molecule has 4 aromatic carbocycles. The van der Waals surface area contributed by atoms with Crippen LogP contribution in [-0.4, -0.2) is 58.5 Å². The molecule has 0 bridgehead atoms. The Bertz CT molecular complexity index is 1750. The number of methoxy groups -OCH3 is 2. The molecule has 0 saturated heterocycles. The number of sulfonamides is 1. The molecule has 47 heavy (non-hydrogen) atoms. The SMILES string of the molecule is CCCNC(=O)[C@@H](Cc1ccccc1)N(Cc1ccc(C)cc1)C(=O)CN(c1ccc(Cl)cc1)S(=O)(=O)c1ccc(OC)c(OC)c1. The van der Waals surface area contributed by atoms with Crippen LogP contribution in [0.15, 0.2) is 102 Å². The number of ether oxygens (including phenoxy) is 2. The quantitative estimate of drug-likeness (QED) is 0.165. The van der Waals surface area contributed by atoms with E-state index in [1.165, 1.54) is 49.5 Å². The van der Waals surface area contributed by atoms with Crippen molar-refractivity contribution in [1.29, 1.82) is 0 Å². The molecule has 0 aliphatic rings. The van der Waals surface area contributed by atoms with Crippen molar-refractivity contribution in [3.05, 3.63) is 119 Å². The minimum Gasteiger partial charge on any atom is -0.493 e. The first kappa shape index (κ1) is 35.3. The van der Waals surface area contributed by atoms with Crippen molar-refractivity contribution in [2.24, 2.45) is 0 Å². The molecule has 0 radical (unpaired) electrons. The van der Waals surface area contributed by atoms with Crippen LogP contribution in [0.5, 0.6) is 11.5 Å². The van der Waals surface area contributed by atoms with Crippen molar-refractivity contribution >= 4 is 39.1 Å². The van der Waals surface area contributed by atoms with E-state index in [9.17, 15) is 18.0 Å². The number of halogens is 1. The van der Waals surface area contributed by atoms with Gasteiger partial charge in [-0.1, -0.05) is 78.7 Å². The van der Waals surface area contributed by atoms with Crippen LogP contribution in [0.4, 0.5) is 5.69 Å². The van der Waals surface area contributed by atoms with Crippen LogP contribution >= 0.6 is 11.6 Å². The largest absolute Gasteiger partial charge is 0.493 e. The van der Waals surface area contributed by atoms with Gasteiger partial charge in [0.2, 0.25) is 11.8 Å². The summed E-state index contributed by atoms with van der Waals surface area (Å²) in [6.07, 6.45) is 0.945. The van der Waals surface area contributed by atoms with Gasteiger partial charge in [0.1, 0.15) is 12.6 Å². The van der Waals surface area contributed by atoms with E-state index in [2.05, 4.69) is 5.32 Å². The molecule has 0 aliphatic carbocycles. The molecule has 11 heteroatoms.